The summed E-state index contributed by atoms with van der Waals surface area (Å²) >= 11 is 5.91. The molecule has 0 unspecified atom stereocenters. The van der Waals surface area contributed by atoms with Crippen LogP contribution in [0.1, 0.15) is 0 Å². The quantitative estimate of drug-likeness (QED) is 0.625. The van der Waals surface area contributed by atoms with Gasteiger partial charge in [0.25, 0.3) is 6.33 Å². The van der Waals surface area contributed by atoms with Crippen LogP contribution in [0.2, 0.25) is 5.02 Å². The molecular formula is C15H12ClN2O+. The number of hydrogen-bond acceptors (Lipinski definition) is 1. The summed E-state index contributed by atoms with van der Waals surface area (Å²) in [5.74, 6) is 0. The lowest BCUT2D eigenvalue weighted by molar-refractivity contribution is -0.572. The zero-order valence-electron chi connectivity index (χ0n) is 10.4. The van der Waals surface area contributed by atoms with E-state index in [-0.39, 0.29) is 5.56 Å². The predicted molar refractivity (Wildman–Crippen MR) is 75.7 cm³/mol. The van der Waals surface area contributed by atoms with Gasteiger partial charge in [0.15, 0.2) is 0 Å². The number of para-hydroxylation sites is 1. The zero-order chi connectivity index (χ0) is 13.4. The van der Waals surface area contributed by atoms with Crippen molar-refractivity contribution < 1.29 is 4.57 Å². The van der Waals surface area contributed by atoms with Gasteiger partial charge >= 0.3 is 5.56 Å². The first-order chi connectivity index (χ1) is 9.16. The van der Waals surface area contributed by atoms with Crippen LogP contribution in [0.5, 0.6) is 0 Å². The van der Waals surface area contributed by atoms with E-state index in [1.807, 2.05) is 53.1 Å². The summed E-state index contributed by atoms with van der Waals surface area (Å²) in [4.78, 5) is 12.1. The molecule has 3 nitrogen and oxygen atoms in total. The topological polar surface area (TPSA) is 25.9 Å². The summed E-state index contributed by atoms with van der Waals surface area (Å²) in [5, 5.41) is 1.39. The Morgan fingerprint density at radius 1 is 1.05 bits per heavy atom. The summed E-state index contributed by atoms with van der Waals surface area (Å²) in [7, 11) is 1.75. The first kappa shape index (κ1) is 11.9. The zero-order valence-corrected chi connectivity index (χ0v) is 11.1. The Hall–Kier alpha value is -2.13. The van der Waals surface area contributed by atoms with E-state index in [4.69, 9.17) is 11.6 Å². The van der Waals surface area contributed by atoms with Crippen LogP contribution < -0.4 is 10.1 Å². The van der Waals surface area contributed by atoms with Crippen molar-refractivity contribution in [1.82, 2.24) is 4.57 Å². The van der Waals surface area contributed by atoms with E-state index >= 15 is 0 Å². The third kappa shape index (κ3) is 2.02. The maximum atomic E-state index is 12.1. The fraction of sp³-hybridized carbons (Fsp3) is 0.0667. The molecule has 1 heterocycles. The van der Waals surface area contributed by atoms with Crippen molar-refractivity contribution in [3.8, 4) is 5.69 Å². The summed E-state index contributed by atoms with van der Waals surface area (Å²) < 4.78 is 3.56. The number of aryl methyl sites for hydroxylation is 1. The Bertz CT molecular complexity index is 806. The van der Waals surface area contributed by atoms with E-state index in [9.17, 15) is 4.79 Å². The lowest BCUT2D eigenvalue weighted by Crippen LogP contribution is -2.38. The monoisotopic (exact) mass is 271 g/mol. The van der Waals surface area contributed by atoms with Gasteiger partial charge in [-0.25, -0.2) is 9.36 Å². The first-order valence-electron chi connectivity index (χ1n) is 5.93. The van der Waals surface area contributed by atoms with Crippen LogP contribution in [0.3, 0.4) is 0 Å². The maximum absolute atomic E-state index is 12.1. The van der Waals surface area contributed by atoms with Crippen molar-refractivity contribution in [1.29, 1.82) is 0 Å². The number of fused-ring (bicyclic) bond motifs is 1. The van der Waals surface area contributed by atoms with Gasteiger partial charge in [0.2, 0.25) is 0 Å². The molecule has 0 aliphatic rings. The van der Waals surface area contributed by atoms with E-state index in [0.717, 1.165) is 11.2 Å². The van der Waals surface area contributed by atoms with Crippen molar-refractivity contribution >= 4 is 22.5 Å². The number of aromatic nitrogens is 2. The molecule has 0 radical (unpaired) electrons. The predicted octanol–water partition coefficient (Wildman–Crippen LogP) is 2.47. The van der Waals surface area contributed by atoms with Crippen LogP contribution in [-0.2, 0) is 7.05 Å². The van der Waals surface area contributed by atoms with Gasteiger partial charge in [0.05, 0.1) is 7.05 Å². The van der Waals surface area contributed by atoms with Crippen molar-refractivity contribution in [2.24, 2.45) is 7.05 Å². The number of rotatable bonds is 1. The Morgan fingerprint density at radius 2 is 1.74 bits per heavy atom. The van der Waals surface area contributed by atoms with E-state index in [2.05, 4.69) is 0 Å². The number of hydrogen-bond donors (Lipinski definition) is 0. The molecule has 0 amide bonds. The van der Waals surface area contributed by atoms with E-state index in [0.29, 0.717) is 10.4 Å². The standard InChI is InChI=1S/C15H12ClN2O/c1-17-10-18(12-8-6-11(16)7-9-12)14-5-3-2-4-13(14)15(17)19/h2-10H,1H3/q+1. The van der Waals surface area contributed by atoms with Gasteiger partial charge in [-0.15, -0.1) is 0 Å². The van der Waals surface area contributed by atoms with Gasteiger partial charge in [-0.1, -0.05) is 23.7 Å². The van der Waals surface area contributed by atoms with Crippen LogP contribution in [0.25, 0.3) is 16.6 Å². The molecule has 0 N–H and O–H groups in total. The maximum Gasteiger partial charge on any atom is 0.344 e. The van der Waals surface area contributed by atoms with Gasteiger partial charge in [0.1, 0.15) is 16.6 Å². The molecule has 3 aromatic rings. The summed E-state index contributed by atoms with van der Waals surface area (Å²) in [6, 6.07) is 15.1. The molecule has 0 fully saturated rings. The average molecular weight is 272 g/mol. The molecular weight excluding hydrogens is 260 g/mol. The molecule has 2 aromatic carbocycles. The molecule has 0 saturated heterocycles. The molecule has 0 spiro atoms. The molecule has 0 bridgehead atoms. The highest BCUT2D eigenvalue weighted by molar-refractivity contribution is 6.30. The molecule has 0 aliphatic carbocycles. The minimum Gasteiger partial charge on any atom is -0.241 e. The highest BCUT2D eigenvalue weighted by Crippen LogP contribution is 2.11. The van der Waals surface area contributed by atoms with Crippen LogP contribution in [-0.4, -0.2) is 4.57 Å². The Labute approximate surface area is 115 Å². The number of benzene rings is 2. The molecule has 19 heavy (non-hydrogen) atoms. The molecule has 0 atom stereocenters. The van der Waals surface area contributed by atoms with Crippen molar-refractivity contribution in [2.45, 2.75) is 0 Å². The highest BCUT2D eigenvalue weighted by Gasteiger charge is 2.13. The smallest absolute Gasteiger partial charge is 0.241 e. The lowest BCUT2D eigenvalue weighted by Gasteiger charge is -2.05. The minimum absolute atomic E-state index is 0.000753. The largest absolute Gasteiger partial charge is 0.344 e. The van der Waals surface area contributed by atoms with Crippen LogP contribution in [0.4, 0.5) is 0 Å². The number of nitrogens with zero attached hydrogens (tertiary/aromatic N) is 2. The Balaban J connectivity index is 2.38. The third-order valence-electron chi connectivity index (χ3n) is 3.11. The summed E-state index contributed by atoms with van der Waals surface area (Å²) in [6.07, 6.45) is 1.79. The summed E-state index contributed by atoms with van der Waals surface area (Å²) in [5.41, 5.74) is 1.85. The molecule has 3 rings (SSSR count). The summed E-state index contributed by atoms with van der Waals surface area (Å²) in [6.45, 7) is 0. The van der Waals surface area contributed by atoms with Gasteiger partial charge in [-0.2, -0.15) is 4.57 Å². The molecule has 4 heteroatoms. The lowest BCUT2D eigenvalue weighted by atomic mass is 10.2. The number of halogens is 1. The Morgan fingerprint density at radius 3 is 2.47 bits per heavy atom. The second kappa shape index (κ2) is 4.52. The van der Waals surface area contributed by atoms with Crippen molar-refractivity contribution in [2.75, 3.05) is 0 Å². The Kier molecular flexibility index (Phi) is 2.84. The van der Waals surface area contributed by atoms with Crippen molar-refractivity contribution in [3.05, 3.63) is 70.2 Å². The first-order valence-corrected chi connectivity index (χ1v) is 6.30. The third-order valence-corrected chi connectivity index (χ3v) is 3.36. The highest BCUT2D eigenvalue weighted by atomic mass is 35.5. The van der Waals surface area contributed by atoms with Gasteiger partial charge in [0, 0.05) is 5.02 Å². The molecule has 0 aliphatic heterocycles. The van der Waals surface area contributed by atoms with E-state index in [1.54, 1.807) is 17.9 Å². The minimum atomic E-state index is 0.000753. The fourth-order valence-electron chi connectivity index (χ4n) is 2.15. The molecule has 0 saturated carbocycles. The second-order valence-corrected chi connectivity index (χ2v) is 4.83. The van der Waals surface area contributed by atoms with Gasteiger partial charge in [-0.3, -0.25) is 0 Å². The fourth-order valence-corrected chi connectivity index (χ4v) is 2.28. The average Bonchev–Trinajstić information content (AvgIpc) is 2.44. The van der Waals surface area contributed by atoms with Gasteiger partial charge in [-0.05, 0) is 36.4 Å². The van der Waals surface area contributed by atoms with E-state index in [1.165, 1.54) is 0 Å². The molecule has 1 aromatic heterocycles. The molecule has 94 valence electrons. The normalized spacial score (nSPS) is 10.8. The SMILES string of the molecule is Cn1c[n+](-c2ccc(Cl)cc2)c2ccccc2c1=O. The second-order valence-electron chi connectivity index (χ2n) is 4.40. The van der Waals surface area contributed by atoms with Gasteiger partial charge < -0.3 is 0 Å². The van der Waals surface area contributed by atoms with Crippen molar-refractivity contribution in [3.63, 3.8) is 0 Å². The van der Waals surface area contributed by atoms with E-state index < -0.39 is 0 Å². The van der Waals surface area contributed by atoms with Crippen LogP contribution in [0.15, 0.2) is 59.7 Å². The van der Waals surface area contributed by atoms with Crippen LogP contribution >= 0.6 is 11.6 Å². The van der Waals surface area contributed by atoms with Crippen LogP contribution in [0, 0.1) is 0 Å².